The zero-order valence-electron chi connectivity index (χ0n) is 15.4. The van der Waals surface area contributed by atoms with Crippen LogP contribution in [0.25, 0.3) is 0 Å². The van der Waals surface area contributed by atoms with Gasteiger partial charge in [0.2, 0.25) is 0 Å². The lowest BCUT2D eigenvalue weighted by molar-refractivity contribution is 0.0362. The Labute approximate surface area is 148 Å². The monoisotopic (exact) mass is 340 g/mol. The van der Waals surface area contributed by atoms with Gasteiger partial charge in [0.05, 0.1) is 17.7 Å². The molecule has 0 aliphatic heterocycles. The summed E-state index contributed by atoms with van der Waals surface area (Å²) in [5.41, 5.74) is 2.40. The molecule has 2 aromatic carbocycles. The molecule has 0 aliphatic carbocycles. The van der Waals surface area contributed by atoms with E-state index in [0.717, 1.165) is 11.1 Å². The molecule has 0 heterocycles. The molecule has 0 amide bonds. The van der Waals surface area contributed by atoms with Gasteiger partial charge in [-0.3, -0.25) is 0 Å². The second-order valence-electron chi connectivity index (χ2n) is 7.32. The second-order valence-corrected chi connectivity index (χ2v) is 7.32. The van der Waals surface area contributed by atoms with Crippen molar-refractivity contribution in [1.29, 1.82) is 0 Å². The first-order valence-corrected chi connectivity index (χ1v) is 8.23. The first-order chi connectivity index (χ1) is 11.7. The number of benzene rings is 2. The van der Waals surface area contributed by atoms with Crippen molar-refractivity contribution in [2.45, 2.75) is 34.6 Å². The molecule has 0 aliphatic rings. The van der Waals surface area contributed by atoms with Gasteiger partial charge < -0.3 is 9.47 Å². The van der Waals surface area contributed by atoms with Gasteiger partial charge in [0, 0.05) is 0 Å². The Morgan fingerprint density at radius 2 is 1.48 bits per heavy atom. The average molecular weight is 340 g/mol. The number of aryl methyl sites for hydroxylation is 2. The van der Waals surface area contributed by atoms with Crippen molar-refractivity contribution in [3.63, 3.8) is 0 Å². The SMILES string of the molecule is Cc1ccc(OC(=O)c2ccccc2C(=O)OCC(C)(C)C)cc1C. The zero-order valence-corrected chi connectivity index (χ0v) is 15.4. The van der Waals surface area contributed by atoms with Crippen molar-refractivity contribution in [2.75, 3.05) is 6.61 Å². The van der Waals surface area contributed by atoms with E-state index in [4.69, 9.17) is 9.47 Å². The van der Waals surface area contributed by atoms with Gasteiger partial charge in [-0.15, -0.1) is 0 Å². The summed E-state index contributed by atoms with van der Waals surface area (Å²) in [7, 11) is 0. The number of rotatable bonds is 4. The van der Waals surface area contributed by atoms with Gasteiger partial charge in [-0.2, -0.15) is 0 Å². The standard InChI is InChI=1S/C21H24O4/c1-14-10-11-16(12-15(14)2)25-20(23)18-9-7-6-8-17(18)19(22)24-13-21(3,4)5/h6-12H,13H2,1-5H3. The molecule has 4 heteroatoms. The third kappa shape index (κ3) is 5.18. The summed E-state index contributed by atoms with van der Waals surface area (Å²) in [6.45, 7) is 10.1. The number of esters is 2. The van der Waals surface area contributed by atoms with Crippen LogP contribution < -0.4 is 4.74 Å². The maximum absolute atomic E-state index is 12.5. The van der Waals surface area contributed by atoms with Crippen LogP contribution in [-0.2, 0) is 4.74 Å². The molecule has 0 spiro atoms. The highest BCUT2D eigenvalue weighted by atomic mass is 16.5. The van der Waals surface area contributed by atoms with Crippen LogP contribution in [0.4, 0.5) is 0 Å². The first-order valence-electron chi connectivity index (χ1n) is 8.23. The van der Waals surface area contributed by atoms with Gasteiger partial charge in [0.25, 0.3) is 0 Å². The molecule has 4 nitrogen and oxygen atoms in total. The normalized spacial score (nSPS) is 11.1. The molecule has 0 fully saturated rings. The van der Waals surface area contributed by atoms with Crippen molar-refractivity contribution in [3.8, 4) is 5.75 Å². The predicted molar refractivity (Wildman–Crippen MR) is 97.1 cm³/mol. The molecule has 0 saturated heterocycles. The summed E-state index contributed by atoms with van der Waals surface area (Å²) in [4.78, 5) is 24.8. The minimum atomic E-state index is -0.577. The number of hydrogen-bond donors (Lipinski definition) is 0. The van der Waals surface area contributed by atoms with E-state index in [-0.39, 0.29) is 23.1 Å². The molecule has 0 aromatic heterocycles. The average Bonchev–Trinajstić information content (AvgIpc) is 2.55. The number of carbonyl (C=O) groups excluding carboxylic acids is 2. The van der Waals surface area contributed by atoms with Gasteiger partial charge in [0.1, 0.15) is 5.75 Å². The molecule has 25 heavy (non-hydrogen) atoms. The van der Waals surface area contributed by atoms with E-state index in [2.05, 4.69) is 0 Å². The van der Waals surface area contributed by atoms with Crippen LogP contribution in [0.3, 0.4) is 0 Å². The van der Waals surface area contributed by atoms with Gasteiger partial charge in [0.15, 0.2) is 0 Å². The molecule has 0 N–H and O–H groups in total. The smallest absolute Gasteiger partial charge is 0.344 e. The van der Waals surface area contributed by atoms with Crippen LogP contribution in [-0.4, -0.2) is 18.5 Å². The van der Waals surface area contributed by atoms with Crippen molar-refractivity contribution in [1.82, 2.24) is 0 Å². The largest absolute Gasteiger partial charge is 0.462 e. The van der Waals surface area contributed by atoms with Crippen LogP contribution >= 0.6 is 0 Å². The summed E-state index contributed by atoms with van der Waals surface area (Å²) in [5.74, 6) is -0.653. The Hall–Kier alpha value is -2.62. The highest BCUT2D eigenvalue weighted by Crippen LogP contribution is 2.20. The fourth-order valence-corrected chi connectivity index (χ4v) is 2.14. The van der Waals surface area contributed by atoms with Gasteiger partial charge in [-0.05, 0) is 54.7 Å². The molecule has 0 bridgehead atoms. The summed E-state index contributed by atoms with van der Waals surface area (Å²) in [5, 5.41) is 0. The molecule has 0 radical (unpaired) electrons. The van der Waals surface area contributed by atoms with Crippen molar-refractivity contribution in [2.24, 2.45) is 5.41 Å². The Morgan fingerprint density at radius 3 is 2.04 bits per heavy atom. The lowest BCUT2D eigenvalue weighted by atomic mass is 9.98. The minimum Gasteiger partial charge on any atom is -0.462 e. The van der Waals surface area contributed by atoms with E-state index in [9.17, 15) is 9.59 Å². The number of hydrogen-bond acceptors (Lipinski definition) is 4. The van der Waals surface area contributed by atoms with Crippen molar-refractivity contribution < 1.29 is 19.1 Å². The summed E-state index contributed by atoms with van der Waals surface area (Å²) in [6.07, 6.45) is 0. The second kappa shape index (κ2) is 7.51. The fourth-order valence-electron chi connectivity index (χ4n) is 2.14. The highest BCUT2D eigenvalue weighted by molar-refractivity contribution is 6.03. The van der Waals surface area contributed by atoms with Crippen LogP contribution in [0.2, 0.25) is 0 Å². The fraction of sp³-hybridized carbons (Fsp3) is 0.333. The molecule has 132 valence electrons. The van der Waals surface area contributed by atoms with E-state index in [1.165, 1.54) is 0 Å². The lowest BCUT2D eigenvalue weighted by Crippen LogP contribution is -2.21. The highest BCUT2D eigenvalue weighted by Gasteiger charge is 2.21. The van der Waals surface area contributed by atoms with E-state index in [0.29, 0.717) is 5.75 Å². The maximum atomic E-state index is 12.5. The van der Waals surface area contributed by atoms with E-state index >= 15 is 0 Å². The number of carbonyl (C=O) groups is 2. The van der Waals surface area contributed by atoms with E-state index in [1.807, 2.05) is 40.7 Å². The quantitative estimate of drug-likeness (QED) is 0.596. The lowest BCUT2D eigenvalue weighted by Gasteiger charge is -2.18. The molecule has 0 atom stereocenters. The van der Waals surface area contributed by atoms with E-state index in [1.54, 1.807) is 36.4 Å². The first kappa shape index (κ1) is 18.7. The molecule has 0 saturated carbocycles. The topological polar surface area (TPSA) is 52.6 Å². The van der Waals surface area contributed by atoms with Crippen LogP contribution in [0, 0.1) is 19.3 Å². The van der Waals surface area contributed by atoms with Gasteiger partial charge in [-0.25, -0.2) is 9.59 Å². The van der Waals surface area contributed by atoms with Crippen LogP contribution in [0.1, 0.15) is 52.6 Å². The zero-order chi connectivity index (χ0) is 18.6. The minimum absolute atomic E-state index is 0.148. The summed E-state index contributed by atoms with van der Waals surface area (Å²) in [6, 6.07) is 12.0. The summed E-state index contributed by atoms with van der Waals surface area (Å²) < 4.78 is 10.7. The Morgan fingerprint density at radius 1 is 0.880 bits per heavy atom. The number of ether oxygens (including phenoxy) is 2. The van der Waals surface area contributed by atoms with Crippen molar-refractivity contribution in [3.05, 3.63) is 64.7 Å². The Kier molecular flexibility index (Phi) is 5.62. The molecule has 2 aromatic rings. The van der Waals surface area contributed by atoms with Gasteiger partial charge >= 0.3 is 11.9 Å². The van der Waals surface area contributed by atoms with E-state index < -0.39 is 11.9 Å². The maximum Gasteiger partial charge on any atom is 0.344 e. The molecular weight excluding hydrogens is 316 g/mol. The summed E-state index contributed by atoms with van der Waals surface area (Å²) >= 11 is 0. The van der Waals surface area contributed by atoms with Crippen molar-refractivity contribution >= 4 is 11.9 Å². The predicted octanol–water partition coefficient (Wildman–Crippen LogP) is 4.73. The molecule has 0 unspecified atom stereocenters. The molecule has 2 rings (SSSR count). The van der Waals surface area contributed by atoms with Crippen LogP contribution in [0.15, 0.2) is 42.5 Å². The Balaban J connectivity index is 2.19. The third-order valence-electron chi connectivity index (χ3n) is 3.69. The van der Waals surface area contributed by atoms with Crippen LogP contribution in [0.5, 0.6) is 5.75 Å². The third-order valence-corrected chi connectivity index (χ3v) is 3.69. The molecular formula is C21H24O4. The van der Waals surface area contributed by atoms with Gasteiger partial charge in [-0.1, -0.05) is 39.0 Å². The Bertz CT molecular complexity index is 785.